The Bertz CT molecular complexity index is 1300. The molecule has 4 rings (SSSR count). The molecule has 0 aliphatic carbocycles. The first-order chi connectivity index (χ1) is 14.8. The first-order valence-electron chi connectivity index (χ1n) is 9.98. The van der Waals surface area contributed by atoms with Crippen molar-refractivity contribution in [3.8, 4) is 11.8 Å². The maximum atomic E-state index is 13.0. The first kappa shape index (κ1) is 20.3. The summed E-state index contributed by atoms with van der Waals surface area (Å²) in [6, 6.07) is 15.2. The Labute approximate surface area is 181 Å². The van der Waals surface area contributed by atoms with Crippen LogP contribution in [0.5, 0.6) is 0 Å². The van der Waals surface area contributed by atoms with Gasteiger partial charge in [0.05, 0.1) is 5.39 Å². The number of benzene rings is 1. The standard InChI is InChI=1S/C25H23N5O/c1-25(2,3)17-8-10-19(11-9-17)29-24(31)22-15-20-21(27-16-28-23(20)30(22)4)13-12-18-7-5-6-14-26-18/h5-11,14-16H,1-4H3,(H,29,31). The largest absolute Gasteiger partial charge is 0.324 e. The third-order valence-electron chi connectivity index (χ3n) is 5.04. The third kappa shape index (κ3) is 4.31. The van der Waals surface area contributed by atoms with Crippen LogP contribution in [0.3, 0.4) is 0 Å². The van der Waals surface area contributed by atoms with Crippen molar-refractivity contribution in [2.75, 3.05) is 5.32 Å². The molecule has 31 heavy (non-hydrogen) atoms. The maximum Gasteiger partial charge on any atom is 0.272 e. The minimum absolute atomic E-state index is 0.0593. The van der Waals surface area contributed by atoms with Crippen LogP contribution in [0.1, 0.15) is 48.2 Å². The van der Waals surface area contributed by atoms with E-state index in [1.165, 1.54) is 11.9 Å². The summed E-state index contributed by atoms with van der Waals surface area (Å²) in [4.78, 5) is 25.8. The lowest BCUT2D eigenvalue weighted by Crippen LogP contribution is -2.16. The number of hydrogen-bond donors (Lipinski definition) is 1. The van der Waals surface area contributed by atoms with Crippen molar-refractivity contribution in [1.82, 2.24) is 19.5 Å². The minimum Gasteiger partial charge on any atom is -0.324 e. The molecule has 0 bridgehead atoms. The predicted molar refractivity (Wildman–Crippen MR) is 122 cm³/mol. The molecule has 6 nitrogen and oxygen atoms in total. The number of nitrogens with one attached hydrogen (secondary N) is 1. The van der Waals surface area contributed by atoms with Gasteiger partial charge in [0, 0.05) is 18.9 Å². The van der Waals surface area contributed by atoms with Crippen molar-refractivity contribution < 1.29 is 4.79 Å². The third-order valence-corrected chi connectivity index (χ3v) is 5.04. The zero-order valence-corrected chi connectivity index (χ0v) is 18.0. The molecule has 0 atom stereocenters. The SMILES string of the molecule is Cn1c(C(=O)Nc2ccc(C(C)(C)C)cc2)cc2c(C#Cc3ccccn3)ncnc21. The highest BCUT2D eigenvalue weighted by atomic mass is 16.1. The fourth-order valence-electron chi connectivity index (χ4n) is 3.26. The minimum atomic E-state index is -0.215. The van der Waals surface area contributed by atoms with Crippen molar-refractivity contribution >= 4 is 22.6 Å². The molecule has 3 heterocycles. The Hall–Kier alpha value is -3.98. The second-order valence-corrected chi connectivity index (χ2v) is 8.29. The molecular weight excluding hydrogens is 386 g/mol. The van der Waals surface area contributed by atoms with Gasteiger partial charge in [-0.05, 0) is 53.2 Å². The molecule has 0 fully saturated rings. The molecule has 154 valence electrons. The first-order valence-corrected chi connectivity index (χ1v) is 9.98. The quantitative estimate of drug-likeness (QED) is 0.501. The van der Waals surface area contributed by atoms with E-state index in [0.29, 0.717) is 22.7 Å². The van der Waals surface area contributed by atoms with Crippen LogP contribution in [-0.2, 0) is 12.5 Å². The van der Waals surface area contributed by atoms with Gasteiger partial charge in [0.25, 0.3) is 5.91 Å². The molecule has 1 N–H and O–H groups in total. The van der Waals surface area contributed by atoms with E-state index in [2.05, 4.69) is 52.9 Å². The van der Waals surface area contributed by atoms with Crippen LogP contribution in [0.2, 0.25) is 0 Å². The van der Waals surface area contributed by atoms with Crippen molar-refractivity contribution in [3.05, 3.63) is 83.7 Å². The highest BCUT2D eigenvalue weighted by Crippen LogP contribution is 2.24. The molecule has 0 spiro atoms. The average molecular weight is 409 g/mol. The lowest BCUT2D eigenvalue weighted by atomic mass is 9.87. The number of aryl methyl sites for hydroxylation is 1. The molecular formula is C25H23N5O. The highest BCUT2D eigenvalue weighted by Gasteiger charge is 2.17. The Morgan fingerprint density at radius 2 is 1.77 bits per heavy atom. The topological polar surface area (TPSA) is 72.7 Å². The summed E-state index contributed by atoms with van der Waals surface area (Å²) in [5, 5.41) is 3.69. The normalized spacial score (nSPS) is 11.1. The van der Waals surface area contributed by atoms with Gasteiger partial charge in [-0.2, -0.15) is 0 Å². The van der Waals surface area contributed by atoms with Crippen LogP contribution < -0.4 is 5.32 Å². The van der Waals surface area contributed by atoms with E-state index in [1.54, 1.807) is 16.8 Å². The average Bonchev–Trinajstić information content (AvgIpc) is 3.10. The molecule has 1 aromatic carbocycles. The van der Waals surface area contributed by atoms with Gasteiger partial charge in [-0.1, -0.05) is 39.0 Å². The van der Waals surface area contributed by atoms with Crippen molar-refractivity contribution in [2.45, 2.75) is 26.2 Å². The van der Waals surface area contributed by atoms with E-state index in [9.17, 15) is 4.79 Å². The van der Waals surface area contributed by atoms with Crippen molar-refractivity contribution in [1.29, 1.82) is 0 Å². The van der Waals surface area contributed by atoms with Crippen LogP contribution in [-0.4, -0.2) is 25.4 Å². The number of amides is 1. The summed E-state index contributed by atoms with van der Waals surface area (Å²) in [6.45, 7) is 6.47. The van der Waals surface area contributed by atoms with Gasteiger partial charge in [0.15, 0.2) is 0 Å². The number of rotatable bonds is 2. The number of nitrogens with zero attached hydrogens (tertiary/aromatic N) is 4. The van der Waals surface area contributed by atoms with E-state index in [0.717, 1.165) is 11.1 Å². The number of carbonyl (C=O) groups excluding carboxylic acids is 1. The van der Waals surface area contributed by atoms with Crippen LogP contribution in [0.25, 0.3) is 11.0 Å². The molecule has 0 saturated heterocycles. The van der Waals surface area contributed by atoms with E-state index < -0.39 is 0 Å². The molecule has 1 amide bonds. The molecule has 0 aliphatic rings. The Kier molecular flexibility index (Phi) is 5.26. The van der Waals surface area contributed by atoms with Crippen molar-refractivity contribution in [2.24, 2.45) is 7.05 Å². The van der Waals surface area contributed by atoms with Crippen molar-refractivity contribution in [3.63, 3.8) is 0 Å². The zero-order valence-electron chi connectivity index (χ0n) is 18.0. The zero-order chi connectivity index (χ0) is 22.0. The summed E-state index contributed by atoms with van der Waals surface area (Å²) in [5.41, 5.74) is 4.35. The molecule has 0 radical (unpaired) electrons. The van der Waals surface area contributed by atoms with E-state index >= 15 is 0 Å². The Balaban J connectivity index is 1.63. The number of fused-ring (bicyclic) bond motifs is 1. The molecule has 0 saturated carbocycles. The highest BCUT2D eigenvalue weighted by molar-refractivity contribution is 6.06. The van der Waals surface area contributed by atoms with Gasteiger partial charge in [-0.3, -0.25) is 4.79 Å². The summed E-state index contributed by atoms with van der Waals surface area (Å²) in [5.74, 6) is 5.84. The van der Waals surface area contributed by atoms with Crippen LogP contribution in [0, 0.1) is 11.8 Å². The summed E-state index contributed by atoms with van der Waals surface area (Å²) < 4.78 is 1.75. The van der Waals surface area contributed by atoms with E-state index in [-0.39, 0.29) is 11.3 Å². The Morgan fingerprint density at radius 3 is 2.45 bits per heavy atom. The lowest BCUT2D eigenvalue weighted by molar-refractivity contribution is 0.101. The van der Waals surface area contributed by atoms with Gasteiger partial charge in [0.1, 0.15) is 29.1 Å². The summed E-state index contributed by atoms with van der Waals surface area (Å²) in [6.07, 6.45) is 3.15. The van der Waals surface area contributed by atoms with Gasteiger partial charge in [-0.15, -0.1) is 0 Å². The van der Waals surface area contributed by atoms with Crippen LogP contribution in [0.4, 0.5) is 5.69 Å². The number of pyridine rings is 1. The van der Waals surface area contributed by atoms with Crippen LogP contribution in [0.15, 0.2) is 61.1 Å². The molecule has 3 aromatic heterocycles. The summed E-state index contributed by atoms with van der Waals surface area (Å²) >= 11 is 0. The second kappa shape index (κ2) is 8.04. The fourth-order valence-corrected chi connectivity index (χ4v) is 3.26. The van der Waals surface area contributed by atoms with Gasteiger partial charge in [0.2, 0.25) is 0 Å². The number of anilines is 1. The van der Waals surface area contributed by atoms with Gasteiger partial charge >= 0.3 is 0 Å². The summed E-state index contributed by atoms with van der Waals surface area (Å²) in [7, 11) is 1.81. The smallest absolute Gasteiger partial charge is 0.272 e. The second-order valence-electron chi connectivity index (χ2n) is 8.29. The Morgan fingerprint density at radius 1 is 1.00 bits per heavy atom. The molecule has 0 unspecified atom stereocenters. The van der Waals surface area contributed by atoms with E-state index in [1.807, 2.05) is 49.5 Å². The number of aromatic nitrogens is 4. The molecule has 0 aliphatic heterocycles. The van der Waals surface area contributed by atoms with Crippen LogP contribution >= 0.6 is 0 Å². The monoisotopic (exact) mass is 409 g/mol. The number of carbonyl (C=O) groups is 1. The van der Waals surface area contributed by atoms with Gasteiger partial charge < -0.3 is 9.88 Å². The molecule has 4 aromatic rings. The predicted octanol–water partition coefficient (Wildman–Crippen LogP) is 4.31. The lowest BCUT2D eigenvalue weighted by Gasteiger charge is -2.19. The van der Waals surface area contributed by atoms with Gasteiger partial charge in [-0.25, -0.2) is 15.0 Å². The fraction of sp³-hybridized carbons (Fsp3) is 0.200. The van der Waals surface area contributed by atoms with E-state index in [4.69, 9.17) is 0 Å². The molecule has 6 heteroatoms. The maximum absolute atomic E-state index is 13.0. The number of hydrogen-bond acceptors (Lipinski definition) is 4.